The number of thiocarbonyl (C=S) groups is 1. The van der Waals surface area contributed by atoms with E-state index in [-0.39, 0.29) is 5.91 Å². The third-order valence-electron chi connectivity index (χ3n) is 3.01. The van der Waals surface area contributed by atoms with Gasteiger partial charge in [0, 0.05) is 11.4 Å². The first-order valence-corrected chi connectivity index (χ1v) is 8.81. The summed E-state index contributed by atoms with van der Waals surface area (Å²) in [6.45, 7) is 2.94. The van der Waals surface area contributed by atoms with Crippen molar-refractivity contribution in [2.45, 2.75) is 31.1 Å². The number of unbranched alkanes of at least 4 members (excludes halogenated alkanes) is 2. The SMILES string of the molecule is CCCCCNC(=S)NNC(=O)c1ccc(SC)cc1OC. The molecule has 0 aliphatic carbocycles. The zero-order valence-corrected chi connectivity index (χ0v) is 14.8. The Morgan fingerprint density at radius 3 is 2.73 bits per heavy atom. The lowest BCUT2D eigenvalue weighted by atomic mass is 10.2. The third-order valence-corrected chi connectivity index (χ3v) is 3.98. The van der Waals surface area contributed by atoms with Crippen molar-refractivity contribution in [1.82, 2.24) is 16.2 Å². The molecule has 0 fully saturated rings. The summed E-state index contributed by atoms with van der Waals surface area (Å²) in [6.07, 6.45) is 5.33. The number of rotatable bonds is 7. The Kier molecular flexibility index (Phi) is 8.69. The molecule has 1 aromatic rings. The quantitative estimate of drug-likeness (QED) is 0.307. The molecule has 7 heteroatoms. The minimum absolute atomic E-state index is 0.290. The Morgan fingerprint density at radius 1 is 1.32 bits per heavy atom. The molecule has 0 heterocycles. The van der Waals surface area contributed by atoms with Crippen LogP contribution < -0.4 is 20.9 Å². The van der Waals surface area contributed by atoms with Gasteiger partial charge in [-0.3, -0.25) is 15.6 Å². The van der Waals surface area contributed by atoms with Crippen molar-refractivity contribution in [3.63, 3.8) is 0 Å². The molecule has 0 aromatic heterocycles. The van der Waals surface area contributed by atoms with Crippen LogP contribution in [-0.4, -0.2) is 30.9 Å². The molecule has 1 aromatic carbocycles. The van der Waals surface area contributed by atoms with Gasteiger partial charge in [0.05, 0.1) is 12.7 Å². The van der Waals surface area contributed by atoms with E-state index in [4.69, 9.17) is 17.0 Å². The Labute approximate surface area is 141 Å². The fourth-order valence-electron chi connectivity index (χ4n) is 1.79. The van der Waals surface area contributed by atoms with Crippen molar-refractivity contribution >= 4 is 35.0 Å². The summed E-state index contributed by atoms with van der Waals surface area (Å²) in [5.41, 5.74) is 5.73. The Bertz CT molecular complexity index is 510. The molecule has 22 heavy (non-hydrogen) atoms. The highest BCUT2D eigenvalue weighted by Gasteiger charge is 2.12. The Morgan fingerprint density at radius 2 is 2.09 bits per heavy atom. The van der Waals surface area contributed by atoms with E-state index in [0.717, 1.165) is 30.7 Å². The maximum atomic E-state index is 12.2. The highest BCUT2D eigenvalue weighted by atomic mass is 32.2. The first-order chi connectivity index (χ1) is 10.6. The molecule has 0 aliphatic heterocycles. The number of amides is 1. The van der Waals surface area contributed by atoms with Gasteiger partial charge >= 0.3 is 0 Å². The van der Waals surface area contributed by atoms with Gasteiger partial charge in [-0.05, 0) is 43.1 Å². The van der Waals surface area contributed by atoms with Crippen molar-refractivity contribution in [3.8, 4) is 5.75 Å². The molecule has 0 spiro atoms. The standard InChI is InChI=1S/C15H23N3O2S2/c1-4-5-6-9-16-15(21)18-17-14(19)12-8-7-11(22-3)10-13(12)20-2/h7-8,10H,4-6,9H2,1-3H3,(H,17,19)(H2,16,18,21). The van der Waals surface area contributed by atoms with E-state index in [1.807, 2.05) is 18.4 Å². The predicted octanol–water partition coefficient (Wildman–Crippen LogP) is 2.72. The number of carbonyl (C=O) groups is 1. The molecule has 0 saturated carbocycles. The Hall–Kier alpha value is -1.47. The van der Waals surface area contributed by atoms with Crippen LogP contribution in [0.3, 0.4) is 0 Å². The highest BCUT2D eigenvalue weighted by Crippen LogP contribution is 2.25. The highest BCUT2D eigenvalue weighted by molar-refractivity contribution is 7.98. The summed E-state index contributed by atoms with van der Waals surface area (Å²) in [7, 11) is 1.55. The van der Waals surface area contributed by atoms with Gasteiger partial charge in [-0.25, -0.2) is 0 Å². The maximum absolute atomic E-state index is 12.2. The van der Waals surface area contributed by atoms with Gasteiger partial charge in [0.15, 0.2) is 5.11 Å². The van der Waals surface area contributed by atoms with Crippen molar-refractivity contribution < 1.29 is 9.53 Å². The van der Waals surface area contributed by atoms with Crippen LogP contribution in [0.5, 0.6) is 5.75 Å². The molecule has 0 bridgehead atoms. The largest absolute Gasteiger partial charge is 0.496 e. The van der Waals surface area contributed by atoms with Crippen molar-refractivity contribution in [2.75, 3.05) is 19.9 Å². The van der Waals surface area contributed by atoms with Crippen LogP contribution in [0.25, 0.3) is 0 Å². The number of hydrazine groups is 1. The van der Waals surface area contributed by atoms with E-state index in [0.29, 0.717) is 16.4 Å². The number of hydrogen-bond acceptors (Lipinski definition) is 4. The van der Waals surface area contributed by atoms with Crippen LogP contribution >= 0.6 is 24.0 Å². The van der Waals surface area contributed by atoms with Crippen LogP contribution in [-0.2, 0) is 0 Å². The molecule has 1 amide bonds. The first kappa shape index (κ1) is 18.6. The lowest BCUT2D eigenvalue weighted by Crippen LogP contribution is -2.47. The fraction of sp³-hybridized carbons (Fsp3) is 0.467. The topological polar surface area (TPSA) is 62.4 Å². The van der Waals surface area contributed by atoms with E-state index in [1.165, 1.54) is 0 Å². The summed E-state index contributed by atoms with van der Waals surface area (Å²) in [6, 6.07) is 5.45. The zero-order valence-electron chi connectivity index (χ0n) is 13.2. The Balaban J connectivity index is 2.50. The average molecular weight is 342 g/mol. The number of thioether (sulfide) groups is 1. The molecule has 0 aliphatic rings. The first-order valence-electron chi connectivity index (χ1n) is 7.18. The smallest absolute Gasteiger partial charge is 0.273 e. The van der Waals surface area contributed by atoms with Gasteiger partial charge in [0.2, 0.25) is 0 Å². The molecule has 122 valence electrons. The monoisotopic (exact) mass is 341 g/mol. The number of hydrogen-bond donors (Lipinski definition) is 3. The van der Waals surface area contributed by atoms with Crippen LogP contribution in [0, 0.1) is 0 Å². The van der Waals surface area contributed by atoms with E-state index < -0.39 is 0 Å². The van der Waals surface area contributed by atoms with Gasteiger partial charge in [-0.15, -0.1) is 11.8 Å². The van der Waals surface area contributed by atoms with Crippen LogP contribution in [0.15, 0.2) is 23.1 Å². The molecular weight excluding hydrogens is 318 g/mol. The minimum Gasteiger partial charge on any atom is -0.496 e. The molecule has 0 unspecified atom stereocenters. The number of nitrogens with one attached hydrogen (secondary N) is 3. The van der Waals surface area contributed by atoms with E-state index in [1.54, 1.807) is 24.9 Å². The van der Waals surface area contributed by atoms with E-state index >= 15 is 0 Å². The molecular formula is C15H23N3O2S2. The van der Waals surface area contributed by atoms with Gasteiger partial charge in [-0.2, -0.15) is 0 Å². The number of ether oxygens (including phenoxy) is 1. The van der Waals surface area contributed by atoms with Gasteiger partial charge in [-0.1, -0.05) is 19.8 Å². The van der Waals surface area contributed by atoms with Crippen LogP contribution in [0.2, 0.25) is 0 Å². The maximum Gasteiger partial charge on any atom is 0.273 e. The average Bonchev–Trinajstić information content (AvgIpc) is 2.55. The number of methoxy groups -OCH3 is 1. The molecule has 3 N–H and O–H groups in total. The van der Waals surface area contributed by atoms with Crippen molar-refractivity contribution in [1.29, 1.82) is 0 Å². The lowest BCUT2D eigenvalue weighted by molar-refractivity contribution is 0.0940. The number of benzene rings is 1. The zero-order chi connectivity index (χ0) is 16.4. The lowest BCUT2D eigenvalue weighted by Gasteiger charge is -2.13. The molecule has 1 rings (SSSR count). The molecule has 0 saturated heterocycles. The van der Waals surface area contributed by atoms with Crippen molar-refractivity contribution in [3.05, 3.63) is 23.8 Å². The summed E-state index contributed by atoms with van der Waals surface area (Å²) in [5.74, 6) is 0.246. The summed E-state index contributed by atoms with van der Waals surface area (Å²) in [4.78, 5) is 13.2. The molecule has 0 radical (unpaired) electrons. The second kappa shape index (κ2) is 10.3. The molecule has 0 atom stereocenters. The van der Waals surface area contributed by atoms with Gasteiger partial charge in [0.1, 0.15) is 5.75 Å². The molecule has 5 nitrogen and oxygen atoms in total. The van der Waals surface area contributed by atoms with E-state index in [2.05, 4.69) is 23.1 Å². The normalized spacial score (nSPS) is 9.95. The van der Waals surface area contributed by atoms with Crippen LogP contribution in [0.1, 0.15) is 36.5 Å². The summed E-state index contributed by atoms with van der Waals surface area (Å²) in [5, 5.41) is 3.45. The second-order valence-corrected chi connectivity index (χ2v) is 5.90. The second-order valence-electron chi connectivity index (χ2n) is 4.61. The van der Waals surface area contributed by atoms with Crippen LogP contribution in [0.4, 0.5) is 0 Å². The minimum atomic E-state index is -0.290. The van der Waals surface area contributed by atoms with Gasteiger partial charge in [0.25, 0.3) is 5.91 Å². The number of carbonyl (C=O) groups excluding carboxylic acids is 1. The third kappa shape index (κ3) is 6.11. The summed E-state index contributed by atoms with van der Waals surface area (Å²) >= 11 is 6.69. The van der Waals surface area contributed by atoms with Crippen molar-refractivity contribution in [2.24, 2.45) is 0 Å². The fourth-order valence-corrected chi connectivity index (χ4v) is 2.37. The van der Waals surface area contributed by atoms with Gasteiger partial charge < -0.3 is 10.1 Å². The predicted molar refractivity (Wildman–Crippen MR) is 95.5 cm³/mol. The summed E-state index contributed by atoms with van der Waals surface area (Å²) < 4.78 is 5.26. The van der Waals surface area contributed by atoms with E-state index in [9.17, 15) is 4.79 Å².